The Labute approximate surface area is 149 Å². The van der Waals surface area contributed by atoms with Crippen LogP contribution in [0.2, 0.25) is 0 Å². The first-order valence-electron chi connectivity index (χ1n) is 9.25. The first kappa shape index (κ1) is 14.9. The molecular weight excluding hydrogens is 302 g/mol. The van der Waals surface area contributed by atoms with Crippen molar-refractivity contribution in [3.05, 3.63) is 107 Å². The molecule has 0 saturated heterocycles. The van der Waals surface area contributed by atoms with Crippen LogP contribution in [0.1, 0.15) is 39.8 Å². The Morgan fingerprint density at radius 2 is 1.40 bits per heavy atom. The lowest BCUT2D eigenvalue weighted by atomic mass is 9.77. The second kappa shape index (κ2) is 5.86. The second-order valence-corrected chi connectivity index (χ2v) is 7.45. The van der Waals surface area contributed by atoms with Gasteiger partial charge in [-0.1, -0.05) is 78.9 Å². The highest BCUT2D eigenvalue weighted by atomic mass is 15.2. The molecule has 2 aliphatic heterocycles. The van der Waals surface area contributed by atoms with Gasteiger partial charge in [0.15, 0.2) is 0 Å². The van der Waals surface area contributed by atoms with Crippen LogP contribution >= 0.6 is 0 Å². The van der Waals surface area contributed by atoms with Crippen molar-refractivity contribution < 1.29 is 0 Å². The zero-order valence-electron chi connectivity index (χ0n) is 14.6. The van der Waals surface area contributed by atoms with Crippen molar-refractivity contribution in [3.8, 4) is 0 Å². The van der Waals surface area contributed by atoms with Crippen molar-refractivity contribution in [2.75, 3.05) is 7.05 Å². The van der Waals surface area contributed by atoms with Gasteiger partial charge in [0.2, 0.25) is 0 Å². The first-order valence-corrected chi connectivity index (χ1v) is 9.25. The Bertz CT molecular complexity index is 899. The highest BCUT2D eigenvalue weighted by Gasteiger charge is 2.43. The third-order valence-corrected chi connectivity index (χ3v) is 6.18. The lowest BCUT2D eigenvalue weighted by Gasteiger charge is -2.43. The van der Waals surface area contributed by atoms with Crippen LogP contribution in [0.5, 0.6) is 0 Å². The number of benzene rings is 3. The molecule has 0 unspecified atom stereocenters. The monoisotopic (exact) mass is 325 g/mol. The van der Waals surface area contributed by atoms with Crippen LogP contribution < -0.4 is 0 Å². The summed E-state index contributed by atoms with van der Waals surface area (Å²) in [7, 11) is 2.33. The Balaban J connectivity index is 1.69. The summed E-state index contributed by atoms with van der Waals surface area (Å²) < 4.78 is 0. The number of nitrogens with zero attached hydrogens (tertiary/aromatic N) is 1. The summed E-state index contributed by atoms with van der Waals surface area (Å²) in [4.78, 5) is 2.64. The van der Waals surface area contributed by atoms with Gasteiger partial charge in [-0.15, -0.1) is 0 Å². The molecule has 25 heavy (non-hydrogen) atoms. The maximum atomic E-state index is 2.64. The summed E-state index contributed by atoms with van der Waals surface area (Å²) in [6.45, 7) is 0. The predicted octanol–water partition coefficient (Wildman–Crippen LogP) is 4.97. The Morgan fingerprint density at radius 1 is 0.760 bits per heavy atom. The third-order valence-electron chi connectivity index (χ3n) is 6.18. The molecule has 6 rings (SSSR count). The summed E-state index contributed by atoms with van der Waals surface area (Å²) in [5.41, 5.74) is 7.55. The van der Waals surface area contributed by atoms with E-state index in [1.54, 1.807) is 0 Å². The maximum absolute atomic E-state index is 2.64. The minimum atomic E-state index is 0.455. The van der Waals surface area contributed by atoms with E-state index in [1.807, 2.05) is 0 Å². The number of rotatable bonds is 2. The summed E-state index contributed by atoms with van der Waals surface area (Å²) in [5, 5.41) is 0. The Hall–Kier alpha value is -2.38. The molecule has 2 heterocycles. The quantitative estimate of drug-likeness (QED) is 0.643. The molecule has 1 nitrogen and oxygen atoms in total. The molecule has 3 aliphatic rings. The van der Waals surface area contributed by atoms with Gasteiger partial charge in [-0.25, -0.2) is 0 Å². The molecule has 1 heteroatoms. The molecular formula is C24H23N. The minimum Gasteiger partial charge on any atom is -0.295 e. The molecule has 124 valence electrons. The molecule has 0 saturated carbocycles. The minimum absolute atomic E-state index is 0.455. The van der Waals surface area contributed by atoms with Crippen LogP contribution in [-0.2, 0) is 12.8 Å². The number of likely N-dealkylation sites (N-methyl/N-ethyl adjacent to an activating group) is 1. The van der Waals surface area contributed by atoms with Crippen LogP contribution in [0.4, 0.5) is 0 Å². The van der Waals surface area contributed by atoms with Crippen LogP contribution in [0.15, 0.2) is 78.9 Å². The van der Waals surface area contributed by atoms with Gasteiger partial charge in [-0.2, -0.15) is 0 Å². The zero-order valence-corrected chi connectivity index (χ0v) is 14.6. The van der Waals surface area contributed by atoms with Gasteiger partial charge in [-0.05, 0) is 47.7 Å². The third kappa shape index (κ3) is 2.34. The van der Waals surface area contributed by atoms with E-state index in [0.717, 1.165) is 12.8 Å². The summed E-state index contributed by atoms with van der Waals surface area (Å²) in [6, 6.07) is 30.1. The first-order chi connectivity index (χ1) is 12.3. The lowest BCUT2D eigenvalue weighted by molar-refractivity contribution is 0.147. The van der Waals surface area contributed by atoms with Crippen LogP contribution in [0, 0.1) is 0 Å². The van der Waals surface area contributed by atoms with E-state index in [9.17, 15) is 0 Å². The molecule has 0 aromatic heterocycles. The highest BCUT2D eigenvalue weighted by Crippen LogP contribution is 2.49. The van der Waals surface area contributed by atoms with Gasteiger partial charge in [0.05, 0.1) is 0 Å². The molecule has 3 atom stereocenters. The number of hydrogen-bond acceptors (Lipinski definition) is 1. The van der Waals surface area contributed by atoms with E-state index in [-0.39, 0.29) is 0 Å². The number of hydrogen-bond donors (Lipinski definition) is 0. The smallest absolute Gasteiger partial charge is 0.0391 e. The van der Waals surface area contributed by atoms with Crippen molar-refractivity contribution in [2.24, 2.45) is 0 Å². The van der Waals surface area contributed by atoms with Crippen molar-refractivity contribution >= 4 is 0 Å². The van der Waals surface area contributed by atoms with Gasteiger partial charge in [0, 0.05) is 18.0 Å². The van der Waals surface area contributed by atoms with Gasteiger partial charge in [0.1, 0.15) is 0 Å². The molecule has 0 spiro atoms. The van der Waals surface area contributed by atoms with E-state index >= 15 is 0 Å². The maximum Gasteiger partial charge on any atom is 0.0391 e. The Morgan fingerprint density at radius 3 is 2.20 bits per heavy atom. The fourth-order valence-corrected chi connectivity index (χ4v) is 4.97. The van der Waals surface area contributed by atoms with Crippen LogP contribution in [0.25, 0.3) is 0 Å². The summed E-state index contributed by atoms with van der Waals surface area (Å²) in [6.07, 6.45) is 2.21. The molecule has 0 amide bonds. The molecule has 3 aromatic carbocycles. The number of fused-ring (bicyclic) bond motifs is 1. The highest BCUT2D eigenvalue weighted by molar-refractivity contribution is 5.50. The van der Waals surface area contributed by atoms with Gasteiger partial charge < -0.3 is 0 Å². The summed E-state index contributed by atoms with van der Waals surface area (Å²) in [5.74, 6) is 0.455. The van der Waals surface area contributed by atoms with Crippen molar-refractivity contribution in [1.82, 2.24) is 4.90 Å². The second-order valence-electron chi connectivity index (χ2n) is 7.45. The SMILES string of the molecule is CN1[C@@H]2Cc3ccccc3[C@@H](c3ccccc32)[C@@H]1Cc1ccccc1. The van der Waals surface area contributed by atoms with E-state index in [1.165, 1.54) is 27.8 Å². The van der Waals surface area contributed by atoms with Gasteiger partial charge in [-0.3, -0.25) is 4.90 Å². The van der Waals surface area contributed by atoms with Crippen molar-refractivity contribution in [2.45, 2.75) is 30.8 Å². The normalized spacial score (nSPS) is 24.4. The molecule has 0 fully saturated rings. The Kier molecular flexibility index (Phi) is 3.50. The van der Waals surface area contributed by atoms with E-state index in [4.69, 9.17) is 0 Å². The topological polar surface area (TPSA) is 3.24 Å². The lowest BCUT2D eigenvalue weighted by Crippen LogP contribution is -2.44. The van der Waals surface area contributed by atoms with E-state index < -0.39 is 0 Å². The molecule has 0 radical (unpaired) electrons. The standard InChI is InChI=1S/C24H23N/c1-25-22-16-18-11-5-6-12-19(18)24(21-14-8-7-13-20(21)22)23(25)15-17-9-3-2-4-10-17/h2-14,22-24H,15-16H2,1H3/t22-,23+,24+/m1/s1. The fourth-order valence-electron chi connectivity index (χ4n) is 4.97. The molecule has 1 aliphatic carbocycles. The van der Waals surface area contributed by atoms with E-state index in [2.05, 4.69) is 90.8 Å². The molecule has 2 bridgehead atoms. The van der Waals surface area contributed by atoms with E-state index in [0.29, 0.717) is 18.0 Å². The predicted molar refractivity (Wildman–Crippen MR) is 103 cm³/mol. The molecule has 3 aromatic rings. The fraction of sp³-hybridized carbons (Fsp3) is 0.250. The van der Waals surface area contributed by atoms with Crippen LogP contribution in [0.3, 0.4) is 0 Å². The van der Waals surface area contributed by atoms with Crippen molar-refractivity contribution in [1.29, 1.82) is 0 Å². The average Bonchev–Trinajstić information content (AvgIpc) is 2.88. The van der Waals surface area contributed by atoms with Gasteiger partial charge >= 0.3 is 0 Å². The molecule has 0 N–H and O–H groups in total. The average molecular weight is 325 g/mol. The largest absolute Gasteiger partial charge is 0.295 e. The van der Waals surface area contributed by atoms with Crippen LogP contribution in [-0.4, -0.2) is 18.0 Å². The zero-order chi connectivity index (χ0) is 16.8. The summed E-state index contributed by atoms with van der Waals surface area (Å²) >= 11 is 0. The van der Waals surface area contributed by atoms with Crippen molar-refractivity contribution in [3.63, 3.8) is 0 Å². The van der Waals surface area contributed by atoms with Gasteiger partial charge in [0.25, 0.3) is 0 Å².